The van der Waals surface area contributed by atoms with Crippen LogP contribution in [0.15, 0.2) is 29.2 Å². The summed E-state index contributed by atoms with van der Waals surface area (Å²) >= 11 is 0. The monoisotopic (exact) mass is 455 g/mol. The standard InChI is InChI=1S/C20H29N3O7S/c1-2-28-15-16-30-17-3-5-18(6-4-17)31(26,27)23-9-7-21(8-10-23)19(24)20(25)22-11-13-29-14-12-22/h3-6H,2,7-16H2,1H3. The van der Waals surface area contributed by atoms with Gasteiger partial charge in [0, 0.05) is 45.9 Å². The summed E-state index contributed by atoms with van der Waals surface area (Å²) in [6.45, 7) is 5.61. The van der Waals surface area contributed by atoms with Gasteiger partial charge in [-0.1, -0.05) is 0 Å². The highest BCUT2D eigenvalue weighted by atomic mass is 32.2. The lowest BCUT2D eigenvalue weighted by Crippen LogP contribution is -2.55. The van der Waals surface area contributed by atoms with E-state index in [0.717, 1.165) is 0 Å². The molecule has 2 aliphatic rings. The molecule has 0 unspecified atom stereocenters. The summed E-state index contributed by atoms with van der Waals surface area (Å²) in [5, 5.41) is 0. The highest BCUT2D eigenvalue weighted by molar-refractivity contribution is 7.89. The van der Waals surface area contributed by atoms with Crippen LogP contribution in [0.2, 0.25) is 0 Å². The van der Waals surface area contributed by atoms with Crippen molar-refractivity contribution in [3.05, 3.63) is 24.3 Å². The van der Waals surface area contributed by atoms with Crippen LogP contribution in [0, 0.1) is 0 Å². The first-order chi connectivity index (χ1) is 14.9. The Bertz CT molecular complexity index is 846. The maximum absolute atomic E-state index is 12.9. The average Bonchev–Trinajstić information content (AvgIpc) is 2.82. The first-order valence-electron chi connectivity index (χ1n) is 10.4. The van der Waals surface area contributed by atoms with Gasteiger partial charge in [0.2, 0.25) is 10.0 Å². The fourth-order valence-electron chi connectivity index (χ4n) is 3.39. The molecule has 2 aliphatic heterocycles. The van der Waals surface area contributed by atoms with Gasteiger partial charge < -0.3 is 24.0 Å². The van der Waals surface area contributed by atoms with Gasteiger partial charge in [-0.2, -0.15) is 4.31 Å². The molecule has 2 saturated heterocycles. The molecule has 0 atom stereocenters. The van der Waals surface area contributed by atoms with Crippen molar-refractivity contribution in [3.63, 3.8) is 0 Å². The summed E-state index contributed by atoms with van der Waals surface area (Å²) in [6.07, 6.45) is 0. The van der Waals surface area contributed by atoms with Crippen LogP contribution in [0.3, 0.4) is 0 Å². The summed E-state index contributed by atoms with van der Waals surface area (Å²) < 4.78 is 43.1. The highest BCUT2D eigenvalue weighted by Gasteiger charge is 2.34. The lowest BCUT2D eigenvalue weighted by atomic mass is 10.3. The molecule has 0 saturated carbocycles. The summed E-state index contributed by atoms with van der Waals surface area (Å²) in [6, 6.07) is 6.23. The molecule has 0 bridgehead atoms. The van der Waals surface area contributed by atoms with E-state index in [9.17, 15) is 18.0 Å². The first-order valence-corrected chi connectivity index (χ1v) is 11.8. The van der Waals surface area contributed by atoms with Crippen LogP contribution in [-0.2, 0) is 29.1 Å². The van der Waals surface area contributed by atoms with Crippen molar-refractivity contribution in [1.82, 2.24) is 14.1 Å². The number of morpholine rings is 1. The number of ether oxygens (including phenoxy) is 3. The van der Waals surface area contributed by atoms with Gasteiger partial charge >= 0.3 is 11.8 Å². The number of benzene rings is 1. The topological polar surface area (TPSA) is 106 Å². The third-order valence-electron chi connectivity index (χ3n) is 5.17. The fourth-order valence-corrected chi connectivity index (χ4v) is 4.81. The Morgan fingerprint density at radius 1 is 0.903 bits per heavy atom. The van der Waals surface area contributed by atoms with E-state index in [2.05, 4.69) is 0 Å². The molecule has 3 rings (SSSR count). The zero-order chi connectivity index (χ0) is 22.3. The Morgan fingerprint density at radius 3 is 2.06 bits per heavy atom. The zero-order valence-corrected chi connectivity index (χ0v) is 18.5. The maximum atomic E-state index is 12.9. The Labute approximate surface area is 182 Å². The van der Waals surface area contributed by atoms with Gasteiger partial charge in [0.05, 0.1) is 24.7 Å². The Kier molecular flexibility index (Phi) is 8.24. The molecule has 0 aliphatic carbocycles. The third-order valence-corrected chi connectivity index (χ3v) is 7.08. The molecule has 10 nitrogen and oxygen atoms in total. The molecule has 0 N–H and O–H groups in total. The molecule has 1 aromatic rings. The van der Waals surface area contributed by atoms with E-state index in [-0.39, 0.29) is 31.1 Å². The van der Waals surface area contributed by atoms with Gasteiger partial charge in [-0.3, -0.25) is 9.59 Å². The van der Waals surface area contributed by atoms with E-state index in [0.29, 0.717) is 51.9 Å². The Hall–Kier alpha value is -2.21. The van der Waals surface area contributed by atoms with Gasteiger partial charge in [0.1, 0.15) is 12.4 Å². The minimum atomic E-state index is -3.69. The number of hydrogen-bond acceptors (Lipinski definition) is 7. The Morgan fingerprint density at radius 2 is 1.48 bits per heavy atom. The van der Waals surface area contributed by atoms with E-state index >= 15 is 0 Å². The van der Waals surface area contributed by atoms with E-state index in [4.69, 9.17) is 14.2 Å². The normalized spacial score (nSPS) is 18.1. The number of hydrogen-bond donors (Lipinski definition) is 0. The van der Waals surface area contributed by atoms with Crippen molar-refractivity contribution in [2.75, 3.05) is 72.3 Å². The van der Waals surface area contributed by atoms with Crippen molar-refractivity contribution in [3.8, 4) is 5.75 Å². The zero-order valence-electron chi connectivity index (χ0n) is 17.7. The van der Waals surface area contributed by atoms with Crippen molar-refractivity contribution in [2.45, 2.75) is 11.8 Å². The van der Waals surface area contributed by atoms with Crippen LogP contribution in [-0.4, -0.2) is 107 Å². The van der Waals surface area contributed by atoms with E-state index in [1.54, 1.807) is 12.1 Å². The predicted molar refractivity (Wildman–Crippen MR) is 111 cm³/mol. The molecule has 1 aromatic carbocycles. The van der Waals surface area contributed by atoms with E-state index < -0.39 is 21.8 Å². The smallest absolute Gasteiger partial charge is 0.312 e. The van der Waals surface area contributed by atoms with Crippen molar-refractivity contribution < 1.29 is 32.2 Å². The molecular formula is C20H29N3O7S. The Balaban J connectivity index is 1.53. The van der Waals surface area contributed by atoms with Crippen LogP contribution >= 0.6 is 0 Å². The highest BCUT2D eigenvalue weighted by Crippen LogP contribution is 2.21. The molecule has 2 amide bonds. The largest absolute Gasteiger partial charge is 0.491 e. The van der Waals surface area contributed by atoms with Crippen LogP contribution < -0.4 is 4.74 Å². The van der Waals surface area contributed by atoms with Gasteiger partial charge in [0.25, 0.3) is 0 Å². The van der Waals surface area contributed by atoms with Crippen LogP contribution in [0.5, 0.6) is 5.75 Å². The molecule has 31 heavy (non-hydrogen) atoms. The second-order valence-electron chi connectivity index (χ2n) is 7.12. The number of amides is 2. The van der Waals surface area contributed by atoms with Gasteiger partial charge in [-0.05, 0) is 31.2 Å². The SMILES string of the molecule is CCOCCOc1ccc(S(=O)(=O)N2CCN(C(=O)C(=O)N3CCOCC3)CC2)cc1. The van der Waals surface area contributed by atoms with Crippen LogP contribution in [0.4, 0.5) is 0 Å². The lowest BCUT2D eigenvalue weighted by Gasteiger charge is -2.35. The minimum absolute atomic E-state index is 0.136. The minimum Gasteiger partial charge on any atom is -0.491 e. The number of nitrogens with zero attached hydrogens (tertiary/aromatic N) is 3. The summed E-state index contributed by atoms with van der Waals surface area (Å²) in [7, 11) is -3.69. The predicted octanol–water partition coefficient (Wildman–Crippen LogP) is -0.206. The van der Waals surface area contributed by atoms with E-state index in [1.165, 1.54) is 26.2 Å². The van der Waals surface area contributed by atoms with Crippen molar-refractivity contribution in [2.24, 2.45) is 0 Å². The first kappa shape index (κ1) is 23.5. The lowest BCUT2D eigenvalue weighted by molar-refractivity contribution is -0.154. The third kappa shape index (κ3) is 5.94. The second kappa shape index (κ2) is 10.9. The number of sulfonamides is 1. The number of piperazine rings is 1. The quantitative estimate of drug-likeness (QED) is 0.414. The number of rotatable bonds is 7. The van der Waals surface area contributed by atoms with Crippen LogP contribution in [0.1, 0.15) is 6.92 Å². The number of carbonyl (C=O) groups is 2. The fraction of sp³-hybridized carbons (Fsp3) is 0.600. The molecule has 172 valence electrons. The van der Waals surface area contributed by atoms with Crippen LogP contribution in [0.25, 0.3) is 0 Å². The molecule has 0 radical (unpaired) electrons. The second-order valence-corrected chi connectivity index (χ2v) is 9.06. The van der Waals surface area contributed by atoms with Gasteiger partial charge in [0.15, 0.2) is 0 Å². The summed E-state index contributed by atoms with van der Waals surface area (Å²) in [5.74, 6) is -0.581. The molecule has 0 aromatic heterocycles. The molecule has 0 spiro atoms. The molecule has 2 heterocycles. The van der Waals surface area contributed by atoms with Gasteiger partial charge in [-0.15, -0.1) is 0 Å². The molecule has 11 heteroatoms. The van der Waals surface area contributed by atoms with E-state index in [1.807, 2.05) is 6.92 Å². The molecular weight excluding hydrogens is 426 g/mol. The summed E-state index contributed by atoms with van der Waals surface area (Å²) in [4.78, 5) is 27.9. The van der Waals surface area contributed by atoms with Crippen molar-refractivity contribution >= 4 is 21.8 Å². The van der Waals surface area contributed by atoms with Gasteiger partial charge in [-0.25, -0.2) is 8.42 Å². The number of carbonyl (C=O) groups excluding carboxylic acids is 2. The van der Waals surface area contributed by atoms with Crippen molar-refractivity contribution in [1.29, 1.82) is 0 Å². The summed E-state index contributed by atoms with van der Waals surface area (Å²) in [5.41, 5.74) is 0. The average molecular weight is 456 g/mol. The maximum Gasteiger partial charge on any atom is 0.312 e. The molecule has 2 fully saturated rings.